The average molecular weight is 289 g/mol. The van der Waals surface area contributed by atoms with E-state index in [4.69, 9.17) is 11.6 Å². The van der Waals surface area contributed by atoms with Crippen LogP contribution in [-0.2, 0) is 4.79 Å². The summed E-state index contributed by atoms with van der Waals surface area (Å²) in [7, 11) is 0. The molecule has 0 aliphatic heterocycles. The zero-order valence-electron chi connectivity index (χ0n) is 10.6. The maximum atomic E-state index is 11.6. The molecule has 102 valence electrons. The smallest absolute Gasteiger partial charge is 0.259 e. The van der Waals surface area contributed by atoms with E-state index in [0.29, 0.717) is 5.02 Å². The molecule has 0 spiro atoms. The lowest BCUT2D eigenvalue weighted by molar-refractivity contribution is -0.119. The van der Waals surface area contributed by atoms with Crippen molar-refractivity contribution in [2.75, 3.05) is 11.9 Å². The molecule has 0 unspecified atom stereocenters. The monoisotopic (exact) mass is 288 g/mol. The predicted molar refractivity (Wildman–Crippen MR) is 79.9 cm³/mol. The largest absolute Gasteiger partial charge is 0.376 e. The highest BCUT2D eigenvalue weighted by Gasteiger charge is 1.99. The van der Waals surface area contributed by atoms with Gasteiger partial charge in [0.2, 0.25) is 0 Å². The van der Waals surface area contributed by atoms with Gasteiger partial charge in [0.05, 0.1) is 12.8 Å². The summed E-state index contributed by atoms with van der Waals surface area (Å²) in [6, 6.07) is 10.7. The van der Waals surface area contributed by atoms with Crippen molar-refractivity contribution < 1.29 is 4.79 Å². The van der Waals surface area contributed by atoms with Crippen molar-refractivity contribution in [3.63, 3.8) is 0 Å². The molecular formula is C14H13ClN4O. The first-order valence-corrected chi connectivity index (χ1v) is 6.33. The summed E-state index contributed by atoms with van der Waals surface area (Å²) in [4.78, 5) is 15.4. The number of anilines is 1. The lowest BCUT2D eigenvalue weighted by Crippen LogP contribution is -2.25. The van der Waals surface area contributed by atoms with Crippen molar-refractivity contribution in [2.24, 2.45) is 5.10 Å². The van der Waals surface area contributed by atoms with Gasteiger partial charge in [0, 0.05) is 23.1 Å². The van der Waals surface area contributed by atoms with E-state index in [9.17, 15) is 4.79 Å². The van der Waals surface area contributed by atoms with Gasteiger partial charge in [0.25, 0.3) is 5.91 Å². The summed E-state index contributed by atoms with van der Waals surface area (Å²) < 4.78 is 0. The average Bonchev–Trinajstić information content (AvgIpc) is 2.46. The first kappa shape index (κ1) is 14.0. The first-order chi connectivity index (χ1) is 9.74. The molecule has 2 aromatic rings. The molecular weight excluding hydrogens is 276 g/mol. The van der Waals surface area contributed by atoms with Crippen LogP contribution in [0.25, 0.3) is 0 Å². The minimum atomic E-state index is -0.240. The van der Waals surface area contributed by atoms with Crippen LogP contribution < -0.4 is 10.7 Å². The fraction of sp³-hybridized carbons (Fsp3) is 0.0714. The molecule has 1 heterocycles. The summed E-state index contributed by atoms with van der Waals surface area (Å²) in [6.07, 6.45) is 4.87. The maximum absolute atomic E-state index is 11.6. The van der Waals surface area contributed by atoms with E-state index in [2.05, 4.69) is 20.8 Å². The van der Waals surface area contributed by atoms with Gasteiger partial charge in [-0.25, -0.2) is 5.43 Å². The van der Waals surface area contributed by atoms with E-state index in [1.165, 1.54) is 0 Å². The fourth-order valence-electron chi connectivity index (χ4n) is 1.45. The summed E-state index contributed by atoms with van der Waals surface area (Å²) in [5.74, 6) is -0.240. The lowest BCUT2D eigenvalue weighted by Gasteiger charge is -2.05. The molecule has 1 aromatic carbocycles. The minimum absolute atomic E-state index is 0.119. The molecule has 0 aliphatic carbocycles. The van der Waals surface area contributed by atoms with Gasteiger partial charge in [-0.05, 0) is 35.9 Å². The number of hydrazone groups is 1. The number of nitrogens with one attached hydrogen (secondary N) is 2. The number of nitrogens with zero attached hydrogens (tertiary/aromatic N) is 2. The number of amides is 1. The number of carbonyl (C=O) groups is 1. The topological polar surface area (TPSA) is 66.4 Å². The predicted octanol–water partition coefficient (Wildman–Crippen LogP) is 2.30. The van der Waals surface area contributed by atoms with Crippen LogP contribution in [0.2, 0.25) is 5.02 Å². The number of rotatable bonds is 5. The Hall–Kier alpha value is -2.40. The number of halogens is 1. The van der Waals surface area contributed by atoms with E-state index in [1.54, 1.807) is 42.9 Å². The Morgan fingerprint density at radius 2 is 2.10 bits per heavy atom. The van der Waals surface area contributed by atoms with Crippen LogP contribution >= 0.6 is 11.6 Å². The highest BCUT2D eigenvalue weighted by atomic mass is 35.5. The van der Waals surface area contributed by atoms with Gasteiger partial charge in [-0.15, -0.1) is 0 Å². The number of pyridine rings is 1. The summed E-state index contributed by atoms with van der Waals surface area (Å²) in [5, 5.41) is 7.42. The maximum Gasteiger partial charge on any atom is 0.259 e. The molecule has 20 heavy (non-hydrogen) atoms. The molecule has 5 nitrogen and oxygen atoms in total. The van der Waals surface area contributed by atoms with E-state index < -0.39 is 0 Å². The number of benzene rings is 1. The van der Waals surface area contributed by atoms with E-state index in [0.717, 1.165) is 11.3 Å². The second kappa shape index (κ2) is 7.25. The highest BCUT2D eigenvalue weighted by molar-refractivity contribution is 6.30. The number of hydrogen-bond acceptors (Lipinski definition) is 4. The Bertz CT molecular complexity index is 601. The van der Waals surface area contributed by atoms with E-state index in [-0.39, 0.29) is 12.5 Å². The van der Waals surface area contributed by atoms with Crippen molar-refractivity contribution in [1.29, 1.82) is 0 Å². The Morgan fingerprint density at radius 1 is 1.30 bits per heavy atom. The molecule has 0 atom stereocenters. The standard InChI is InChI=1S/C14H13ClN4O/c15-12-2-1-3-13(8-12)17-10-14(20)19-18-9-11-4-6-16-7-5-11/h1-9,17H,10H2,(H,19,20)/b18-9-. The number of carbonyl (C=O) groups excluding carboxylic acids is 1. The molecule has 0 radical (unpaired) electrons. The van der Waals surface area contributed by atoms with Gasteiger partial charge < -0.3 is 5.32 Å². The normalized spacial score (nSPS) is 10.4. The van der Waals surface area contributed by atoms with Crippen molar-refractivity contribution in [3.8, 4) is 0 Å². The van der Waals surface area contributed by atoms with Crippen LogP contribution in [0.4, 0.5) is 5.69 Å². The molecule has 1 aromatic heterocycles. The van der Waals surface area contributed by atoms with Gasteiger partial charge in [-0.1, -0.05) is 17.7 Å². The van der Waals surface area contributed by atoms with Crippen LogP contribution in [0.3, 0.4) is 0 Å². The van der Waals surface area contributed by atoms with Gasteiger partial charge in [0.1, 0.15) is 0 Å². The fourth-order valence-corrected chi connectivity index (χ4v) is 1.64. The van der Waals surface area contributed by atoms with Gasteiger partial charge >= 0.3 is 0 Å². The minimum Gasteiger partial charge on any atom is -0.376 e. The van der Waals surface area contributed by atoms with Crippen molar-refractivity contribution in [3.05, 3.63) is 59.4 Å². The molecule has 0 aliphatic rings. The van der Waals surface area contributed by atoms with E-state index >= 15 is 0 Å². The molecule has 6 heteroatoms. The zero-order chi connectivity index (χ0) is 14.2. The van der Waals surface area contributed by atoms with Gasteiger partial charge in [-0.3, -0.25) is 9.78 Å². The third-order valence-electron chi connectivity index (χ3n) is 2.39. The van der Waals surface area contributed by atoms with E-state index in [1.807, 2.05) is 12.1 Å². The Morgan fingerprint density at radius 3 is 2.85 bits per heavy atom. The van der Waals surface area contributed by atoms with Crippen molar-refractivity contribution >= 4 is 29.4 Å². The van der Waals surface area contributed by atoms with Crippen molar-refractivity contribution in [2.45, 2.75) is 0 Å². The quantitative estimate of drug-likeness (QED) is 0.655. The highest BCUT2D eigenvalue weighted by Crippen LogP contribution is 2.14. The van der Waals surface area contributed by atoms with Crippen LogP contribution in [0.15, 0.2) is 53.9 Å². The molecule has 1 amide bonds. The Kier molecular flexibility index (Phi) is 5.08. The van der Waals surface area contributed by atoms with Crippen LogP contribution in [0.1, 0.15) is 5.56 Å². The third-order valence-corrected chi connectivity index (χ3v) is 2.62. The van der Waals surface area contributed by atoms with Crippen LogP contribution in [0, 0.1) is 0 Å². The summed E-state index contributed by atoms with van der Waals surface area (Å²) in [5.41, 5.74) is 4.08. The molecule has 0 saturated heterocycles. The molecule has 0 fully saturated rings. The van der Waals surface area contributed by atoms with Gasteiger partial charge in [0.15, 0.2) is 0 Å². The number of hydrogen-bond donors (Lipinski definition) is 2. The molecule has 2 rings (SSSR count). The van der Waals surface area contributed by atoms with Crippen LogP contribution in [0.5, 0.6) is 0 Å². The summed E-state index contributed by atoms with van der Waals surface area (Å²) in [6.45, 7) is 0.119. The summed E-state index contributed by atoms with van der Waals surface area (Å²) >= 11 is 5.84. The lowest BCUT2D eigenvalue weighted by atomic mass is 10.3. The second-order valence-corrected chi connectivity index (χ2v) is 4.37. The SMILES string of the molecule is O=C(CNc1cccc(Cl)c1)N/N=C\c1ccncc1. The zero-order valence-corrected chi connectivity index (χ0v) is 11.3. The van der Waals surface area contributed by atoms with Crippen LogP contribution in [-0.4, -0.2) is 23.7 Å². The van der Waals surface area contributed by atoms with Crippen molar-refractivity contribution in [1.82, 2.24) is 10.4 Å². The Balaban J connectivity index is 1.77. The third kappa shape index (κ3) is 4.70. The Labute approximate surface area is 121 Å². The second-order valence-electron chi connectivity index (χ2n) is 3.94. The molecule has 2 N–H and O–H groups in total. The first-order valence-electron chi connectivity index (χ1n) is 5.95. The molecule has 0 bridgehead atoms. The molecule has 0 saturated carbocycles. The van der Waals surface area contributed by atoms with Gasteiger partial charge in [-0.2, -0.15) is 5.10 Å². The number of aromatic nitrogens is 1.